The van der Waals surface area contributed by atoms with E-state index in [-0.39, 0.29) is 5.37 Å². The van der Waals surface area contributed by atoms with Gasteiger partial charge in [0.15, 0.2) is 0 Å². The number of aliphatic carboxylic acids is 1. The fourth-order valence-electron chi connectivity index (χ4n) is 1.71. The van der Waals surface area contributed by atoms with Gasteiger partial charge in [-0.15, -0.1) is 11.8 Å². The number of carbonyl (C=O) groups is 1. The first-order chi connectivity index (χ1) is 9.08. The number of rotatable bonds is 5. The summed E-state index contributed by atoms with van der Waals surface area (Å²) < 4.78 is 5.56. The topological polar surface area (TPSA) is 58.6 Å². The molecule has 1 aliphatic rings. The van der Waals surface area contributed by atoms with E-state index in [1.807, 2.05) is 0 Å². The second kappa shape index (κ2) is 6.70. The molecule has 1 aromatic carbocycles. The van der Waals surface area contributed by atoms with Gasteiger partial charge in [-0.1, -0.05) is 29.3 Å². The van der Waals surface area contributed by atoms with Gasteiger partial charge in [0.25, 0.3) is 0 Å². The first-order valence-corrected chi connectivity index (χ1v) is 7.55. The Bertz CT molecular complexity index is 472. The van der Waals surface area contributed by atoms with Gasteiger partial charge in [0, 0.05) is 12.2 Å². The van der Waals surface area contributed by atoms with Gasteiger partial charge in [-0.2, -0.15) is 0 Å². The van der Waals surface area contributed by atoms with Gasteiger partial charge in [-0.05, 0) is 12.1 Å². The zero-order valence-electron chi connectivity index (χ0n) is 9.94. The van der Waals surface area contributed by atoms with Crippen molar-refractivity contribution >= 4 is 40.9 Å². The number of hydrogen-bond acceptors (Lipinski definition) is 4. The van der Waals surface area contributed by atoms with Crippen molar-refractivity contribution in [1.82, 2.24) is 5.32 Å². The molecule has 2 unspecified atom stereocenters. The molecule has 1 aromatic rings. The van der Waals surface area contributed by atoms with Gasteiger partial charge in [0.1, 0.15) is 16.8 Å². The van der Waals surface area contributed by atoms with Crippen LogP contribution in [-0.2, 0) is 4.79 Å². The largest absolute Gasteiger partial charge is 0.492 e. The molecule has 7 heteroatoms. The molecule has 1 aliphatic heterocycles. The van der Waals surface area contributed by atoms with Crippen LogP contribution < -0.4 is 10.1 Å². The van der Waals surface area contributed by atoms with E-state index in [1.54, 1.807) is 30.0 Å². The first kappa shape index (κ1) is 14.8. The van der Waals surface area contributed by atoms with Crippen LogP contribution >= 0.6 is 35.0 Å². The van der Waals surface area contributed by atoms with Crippen molar-refractivity contribution in [1.29, 1.82) is 0 Å². The summed E-state index contributed by atoms with van der Waals surface area (Å²) in [5.41, 5.74) is 0. The van der Waals surface area contributed by atoms with E-state index in [1.165, 1.54) is 0 Å². The minimum absolute atomic E-state index is 0.0964. The summed E-state index contributed by atoms with van der Waals surface area (Å²) >= 11 is 13.5. The molecule has 0 bridgehead atoms. The number of ether oxygens (including phenoxy) is 1. The van der Waals surface area contributed by atoms with Crippen molar-refractivity contribution in [2.75, 3.05) is 12.4 Å². The Labute approximate surface area is 125 Å². The molecule has 0 aliphatic carbocycles. The summed E-state index contributed by atoms with van der Waals surface area (Å²) in [5.74, 6) is 0.318. The van der Waals surface area contributed by atoms with Crippen LogP contribution in [0.1, 0.15) is 6.42 Å². The Kier molecular flexibility index (Phi) is 5.21. The molecule has 4 nitrogen and oxygen atoms in total. The van der Waals surface area contributed by atoms with Gasteiger partial charge in [0.2, 0.25) is 0 Å². The number of nitrogens with one attached hydrogen (secondary N) is 1. The second-order valence-electron chi connectivity index (χ2n) is 4.07. The summed E-state index contributed by atoms with van der Waals surface area (Å²) in [7, 11) is 0. The quantitative estimate of drug-likeness (QED) is 0.873. The van der Waals surface area contributed by atoms with Crippen LogP contribution in [0.3, 0.4) is 0 Å². The summed E-state index contributed by atoms with van der Waals surface area (Å²) in [4.78, 5) is 10.8. The SMILES string of the molecule is O=C(O)C1CSC(CCOc2cccc(Cl)c2Cl)N1. The normalized spacial score (nSPS) is 22.4. The van der Waals surface area contributed by atoms with Crippen LogP contribution in [0.25, 0.3) is 0 Å². The van der Waals surface area contributed by atoms with Crippen molar-refractivity contribution in [3.8, 4) is 5.75 Å². The smallest absolute Gasteiger partial charge is 0.321 e. The zero-order valence-corrected chi connectivity index (χ0v) is 12.3. The Morgan fingerprint density at radius 3 is 3.00 bits per heavy atom. The van der Waals surface area contributed by atoms with Gasteiger partial charge in [0.05, 0.1) is 17.0 Å². The average Bonchev–Trinajstić information content (AvgIpc) is 2.83. The zero-order chi connectivity index (χ0) is 13.8. The molecular formula is C12H13Cl2NO3S. The summed E-state index contributed by atoms with van der Waals surface area (Å²) in [6, 6.07) is 4.75. The molecule has 0 radical (unpaired) electrons. The molecule has 2 N–H and O–H groups in total. The Morgan fingerprint density at radius 2 is 2.32 bits per heavy atom. The molecule has 1 saturated heterocycles. The minimum atomic E-state index is -0.811. The van der Waals surface area contributed by atoms with Crippen LogP contribution in [0.2, 0.25) is 10.0 Å². The summed E-state index contributed by atoms with van der Waals surface area (Å²) in [5, 5.41) is 12.8. The number of carboxylic acids is 1. The van der Waals surface area contributed by atoms with E-state index in [4.69, 9.17) is 33.0 Å². The summed E-state index contributed by atoms with van der Waals surface area (Å²) in [6.45, 7) is 0.455. The molecule has 0 spiro atoms. The Hall–Kier alpha value is -0.620. The fraction of sp³-hybridized carbons (Fsp3) is 0.417. The third kappa shape index (κ3) is 3.92. The minimum Gasteiger partial charge on any atom is -0.492 e. The van der Waals surface area contributed by atoms with E-state index in [2.05, 4.69) is 5.32 Å². The predicted molar refractivity (Wildman–Crippen MR) is 77.4 cm³/mol. The molecule has 0 saturated carbocycles. The number of benzene rings is 1. The third-order valence-corrected chi connectivity index (χ3v) is 4.80. The molecule has 104 valence electrons. The Balaban J connectivity index is 1.78. The molecule has 19 heavy (non-hydrogen) atoms. The van der Waals surface area contributed by atoms with Crippen LogP contribution in [0.5, 0.6) is 5.75 Å². The molecule has 2 atom stereocenters. The summed E-state index contributed by atoms with van der Waals surface area (Å²) in [6.07, 6.45) is 0.706. The van der Waals surface area contributed by atoms with Gasteiger partial charge >= 0.3 is 5.97 Å². The molecule has 2 rings (SSSR count). The van der Waals surface area contributed by atoms with Crippen LogP contribution in [0.15, 0.2) is 18.2 Å². The maximum atomic E-state index is 10.8. The fourth-order valence-corrected chi connectivity index (χ4v) is 3.25. The van der Waals surface area contributed by atoms with Gasteiger partial charge in [-0.25, -0.2) is 0 Å². The molecular weight excluding hydrogens is 309 g/mol. The lowest BCUT2D eigenvalue weighted by molar-refractivity contribution is -0.138. The van der Waals surface area contributed by atoms with E-state index < -0.39 is 12.0 Å². The van der Waals surface area contributed by atoms with E-state index in [0.717, 1.165) is 0 Å². The predicted octanol–water partition coefficient (Wildman–Crippen LogP) is 2.88. The maximum absolute atomic E-state index is 10.8. The lowest BCUT2D eigenvalue weighted by Crippen LogP contribution is -2.37. The molecule has 1 heterocycles. The van der Waals surface area contributed by atoms with Crippen molar-refractivity contribution in [2.45, 2.75) is 17.8 Å². The Morgan fingerprint density at radius 1 is 1.53 bits per heavy atom. The number of thioether (sulfide) groups is 1. The third-order valence-electron chi connectivity index (χ3n) is 2.70. The number of carboxylic acid groups (broad SMARTS) is 1. The highest BCUT2D eigenvalue weighted by atomic mass is 35.5. The first-order valence-electron chi connectivity index (χ1n) is 5.75. The maximum Gasteiger partial charge on any atom is 0.321 e. The highest BCUT2D eigenvalue weighted by Gasteiger charge is 2.29. The van der Waals surface area contributed by atoms with Crippen molar-refractivity contribution < 1.29 is 14.6 Å². The molecule has 0 amide bonds. The lowest BCUT2D eigenvalue weighted by atomic mass is 10.3. The van der Waals surface area contributed by atoms with Crippen molar-refractivity contribution in [3.63, 3.8) is 0 Å². The van der Waals surface area contributed by atoms with Crippen LogP contribution in [0.4, 0.5) is 0 Å². The standard InChI is InChI=1S/C12H13Cl2NO3S/c13-7-2-1-3-9(11(7)14)18-5-4-10-15-8(6-19-10)12(16)17/h1-3,8,10,15H,4-6H2,(H,16,17). The van der Waals surface area contributed by atoms with Gasteiger partial charge < -0.3 is 9.84 Å². The van der Waals surface area contributed by atoms with Crippen molar-refractivity contribution in [3.05, 3.63) is 28.2 Å². The lowest BCUT2D eigenvalue weighted by Gasteiger charge is -2.13. The van der Waals surface area contributed by atoms with Crippen molar-refractivity contribution in [2.24, 2.45) is 0 Å². The molecule has 1 fully saturated rings. The second-order valence-corrected chi connectivity index (χ2v) is 6.09. The number of hydrogen-bond donors (Lipinski definition) is 2. The monoisotopic (exact) mass is 321 g/mol. The van der Waals surface area contributed by atoms with Gasteiger partial charge in [-0.3, -0.25) is 10.1 Å². The van der Waals surface area contributed by atoms with Crippen LogP contribution in [-0.4, -0.2) is 34.9 Å². The highest BCUT2D eigenvalue weighted by Crippen LogP contribution is 2.31. The molecule has 0 aromatic heterocycles. The van der Waals surface area contributed by atoms with Crippen LogP contribution in [0, 0.1) is 0 Å². The van der Waals surface area contributed by atoms with E-state index in [0.29, 0.717) is 34.6 Å². The number of halogens is 2. The average molecular weight is 322 g/mol. The van der Waals surface area contributed by atoms with E-state index in [9.17, 15) is 4.79 Å². The van der Waals surface area contributed by atoms with E-state index >= 15 is 0 Å². The highest BCUT2D eigenvalue weighted by molar-refractivity contribution is 8.00.